The SMILES string of the molecule is CNS(=O)(=O)c1cc(NC(=O)COC(=O)c2ccc(C)cc2C)ccc1C. The molecule has 0 atom stereocenters. The number of aryl methyl sites for hydroxylation is 3. The first-order chi connectivity index (χ1) is 12.6. The van der Waals surface area contributed by atoms with Crippen LogP contribution in [0.25, 0.3) is 0 Å². The van der Waals surface area contributed by atoms with Gasteiger partial charge in [-0.2, -0.15) is 0 Å². The number of carbonyl (C=O) groups is 2. The van der Waals surface area contributed by atoms with E-state index in [0.717, 1.165) is 11.1 Å². The quantitative estimate of drug-likeness (QED) is 0.737. The van der Waals surface area contributed by atoms with Crippen molar-refractivity contribution < 1.29 is 22.7 Å². The molecule has 0 heterocycles. The molecule has 0 spiro atoms. The number of anilines is 1. The van der Waals surface area contributed by atoms with E-state index in [2.05, 4.69) is 10.0 Å². The Balaban J connectivity index is 2.04. The summed E-state index contributed by atoms with van der Waals surface area (Å²) in [7, 11) is -2.33. The van der Waals surface area contributed by atoms with Crippen molar-refractivity contribution in [1.82, 2.24) is 4.72 Å². The molecule has 0 saturated carbocycles. The van der Waals surface area contributed by atoms with Crippen molar-refractivity contribution in [2.45, 2.75) is 25.7 Å². The summed E-state index contributed by atoms with van der Waals surface area (Å²) in [4.78, 5) is 24.2. The molecule has 2 N–H and O–H groups in total. The number of hydrogen-bond donors (Lipinski definition) is 2. The number of rotatable bonds is 6. The largest absolute Gasteiger partial charge is 0.452 e. The fourth-order valence-corrected chi connectivity index (χ4v) is 3.52. The van der Waals surface area contributed by atoms with Crippen LogP contribution in [0.5, 0.6) is 0 Å². The number of nitrogens with one attached hydrogen (secondary N) is 2. The van der Waals surface area contributed by atoms with Gasteiger partial charge in [0.15, 0.2) is 6.61 Å². The number of sulfonamides is 1. The van der Waals surface area contributed by atoms with Crippen molar-refractivity contribution in [3.63, 3.8) is 0 Å². The molecule has 0 aliphatic rings. The maximum absolute atomic E-state index is 12.1. The number of carbonyl (C=O) groups excluding carboxylic acids is 2. The fourth-order valence-electron chi connectivity index (χ4n) is 2.53. The second-order valence-corrected chi connectivity index (χ2v) is 7.99. The Morgan fingerprint density at radius 3 is 2.33 bits per heavy atom. The van der Waals surface area contributed by atoms with Gasteiger partial charge < -0.3 is 10.1 Å². The summed E-state index contributed by atoms with van der Waals surface area (Å²) in [5.41, 5.74) is 3.02. The molecule has 0 bridgehead atoms. The lowest BCUT2D eigenvalue weighted by Gasteiger charge is -2.11. The highest BCUT2D eigenvalue weighted by molar-refractivity contribution is 7.89. The van der Waals surface area contributed by atoms with E-state index >= 15 is 0 Å². The van der Waals surface area contributed by atoms with Gasteiger partial charge in [0.05, 0.1) is 10.5 Å². The molecule has 0 radical (unpaired) electrons. The van der Waals surface area contributed by atoms with Gasteiger partial charge >= 0.3 is 5.97 Å². The van der Waals surface area contributed by atoms with Crippen LogP contribution in [0.15, 0.2) is 41.3 Å². The second-order valence-electron chi connectivity index (χ2n) is 6.13. The van der Waals surface area contributed by atoms with E-state index in [9.17, 15) is 18.0 Å². The van der Waals surface area contributed by atoms with Crippen molar-refractivity contribution in [2.75, 3.05) is 19.0 Å². The number of hydrogen-bond acceptors (Lipinski definition) is 5. The van der Waals surface area contributed by atoms with Gasteiger partial charge in [-0.1, -0.05) is 23.8 Å². The van der Waals surface area contributed by atoms with E-state index < -0.39 is 28.5 Å². The van der Waals surface area contributed by atoms with Crippen LogP contribution in [0.2, 0.25) is 0 Å². The molecule has 8 heteroatoms. The molecule has 7 nitrogen and oxygen atoms in total. The summed E-state index contributed by atoms with van der Waals surface area (Å²) in [6.07, 6.45) is 0. The van der Waals surface area contributed by atoms with Gasteiger partial charge in [-0.25, -0.2) is 17.9 Å². The molecule has 0 fully saturated rings. The molecule has 27 heavy (non-hydrogen) atoms. The summed E-state index contributed by atoms with van der Waals surface area (Å²) in [5.74, 6) is -1.16. The third-order valence-electron chi connectivity index (χ3n) is 3.97. The zero-order valence-electron chi connectivity index (χ0n) is 15.6. The van der Waals surface area contributed by atoms with Gasteiger partial charge in [0.25, 0.3) is 5.91 Å². The molecule has 0 saturated heterocycles. The van der Waals surface area contributed by atoms with Crippen molar-refractivity contribution in [1.29, 1.82) is 0 Å². The molecular weight excluding hydrogens is 368 g/mol. The number of benzene rings is 2. The maximum atomic E-state index is 12.1. The van der Waals surface area contributed by atoms with Gasteiger partial charge in [-0.05, 0) is 57.1 Å². The number of esters is 1. The zero-order chi connectivity index (χ0) is 20.2. The third-order valence-corrected chi connectivity index (χ3v) is 5.52. The first-order valence-electron chi connectivity index (χ1n) is 8.22. The third kappa shape index (κ3) is 5.15. The van der Waals surface area contributed by atoms with Crippen molar-refractivity contribution in [3.8, 4) is 0 Å². The monoisotopic (exact) mass is 390 g/mol. The molecule has 0 aliphatic heterocycles. The normalized spacial score (nSPS) is 11.1. The van der Waals surface area contributed by atoms with Crippen molar-refractivity contribution in [3.05, 3.63) is 58.7 Å². The molecule has 144 valence electrons. The number of ether oxygens (including phenoxy) is 1. The summed E-state index contributed by atoms with van der Waals surface area (Å²) in [5, 5.41) is 2.53. The molecule has 1 amide bonds. The Labute approximate surface area is 158 Å². The second kappa shape index (κ2) is 8.32. The molecule has 2 aromatic carbocycles. The van der Waals surface area contributed by atoms with Crippen LogP contribution in [-0.2, 0) is 19.6 Å². The van der Waals surface area contributed by atoms with Crippen LogP contribution in [0.1, 0.15) is 27.0 Å². The van der Waals surface area contributed by atoms with Crippen LogP contribution in [0.4, 0.5) is 5.69 Å². The molecule has 2 aromatic rings. The topological polar surface area (TPSA) is 102 Å². The Kier molecular flexibility index (Phi) is 6.35. The molecule has 0 unspecified atom stereocenters. The van der Waals surface area contributed by atoms with E-state index in [1.807, 2.05) is 13.0 Å². The summed E-state index contributed by atoms with van der Waals surface area (Å²) >= 11 is 0. The minimum atomic E-state index is -3.64. The predicted octanol–water partition coefficient (Wildman–Crippen LogP) is 2.32. The first kappa shape index (κ1) is 20.6. The van der Waals surface area contributed by atoms with Crippen LogP contribution in [0, 0.1) is 20.8 Å². The van der Waals surface area contributed by atoms with Crippen molar-refractivity contribution >= 4 is 27.6 Å². The fraction of sp³-hybridized carbons (Fsp3) is 0.263. The predicted molar refractivity (Wildman–Crippen MR) is 102 cm³/mol. The lowest BCUT2D eigenvalue weighted by molar-refractivity contribution is -0.119. The average molecular weight is 390 g/mol. The highest BCUT2D eigenvalue weighted by Gasteiger charge is 2.17. The van der Waals surface area contributed by atoms with E-state index in [0.29, 0.717) is 16.8 Å². The Bertz CT molecular complexity index is 984. The van der Waals surface area contributed by atoms with Crippen LogP contribution in [-0.4, -0.2) is 33.9 Å². The van der Waals surface area contributed by atoms with Gasteiger partial charge in [-0.3, -0.25) is 4.79 Å². The van der Waals surface area contributed by atoms with E-state index in [4.69, 9.17) is 4.74 Å². The highest BCUT2D eigenvalue weighted by Crippen LogP contribution is 2.20. The first-order valence-corrected chi connectivity index (χ1v) is 9.71. The number of amides is 1. The minimum absolute atomic E-state index is 0.0649. The Morgan fingerprint density at radius 2 is 1.70 bits per heavy atom. The lowest BCUT2D eigenvalue weighted by Crippen LogP contribution is -2.22. The van der Waals surface area contributed by atoms with Gasteiger partial charge in [0, 0.05) is 5.69 Å². The average Bonchev–Trinajstić information content (AvgIpc) is 2.61. The van der Waals surface area contributed by atoms with E-state index in [-0.39, 0.29) is 4.90 Å². The Morgan fingerprint density at radius 1 is 1.00 bits per heavy atom. The summed E-state index contributed by atoms with van der Waals surface area (Å²) in [6, 6.07) is 9.81. The van der Waals surface area contributed by atoms with Crippen LogP contribution >= 0.6 is 0 Å². The Hall–Kier alpha value is -2.71. The zero-order valence-corrected chi connectivity index (χ0v) is 16.4. The van der Waals surface area contributed by atoms with Gasteiger partial charge in [0.2, 0.25) is 10.0 Å². The van der Waals surface area contributed by atoms with E-state index in [1.165, 1.54) is 13.1 Å². The van der Waals surface area contributed by atoms with Crippen LogP contribution < -0.4 is 10.0 Å². The highest BCUT2D eigenvalue weighted by atomic mass is 32.2. The molecule has 0 aromatic heterocycles. The molecule has 0 aliphatic carbocycles. The van der Waals surface area contributed by atoms with Crippen molar-refractivity contribution in [2.24, 2.45) is 0 Å². The smallest absolute Gasteiger partial charge is 0.338 e. The van der Waals surface area contributed by atoms with Gasteiger partial charge in [-0.15, -0.1) is 0 Å². The van der Waals surface area contributed by atoms with E-state index in [1.54, 1.807) is 38.1 Å². The lowest BCUT2D eigenvalue weighted by atomic mass is 10.1. The molecular formula is C19H22N2O5S. The van der Waals surface area contributed by atoms with Crippen LogP contribution in [0.3, 0.4) is 0 Å². The minimum Gasteiger partial charge on any atom is -0.452 e. The maximum Gasteiger partial charge on any atom is 0.338 e. The summed E-state index contributed by atoms with van der Waals surface area (Å²) < 4.78 is 31.3. The summed E-state index contributed by atoms with van der Waals surface area (Å²) in [6.45, 7) is 4.88. The van der Waals surface area contributed by atoms with Gasteiger partial charge in [0.1, 0.15) is 0 Å². The standard InChI is InChI=1S/C19H22N2O5S/c1-12-5-8-16(14(3)9-12)19(23)26-11-18(22)21-15-7-6-13(2)17(10-15)27(24,25)20-4/h5-10,20H,11H2,1-4H3,(H,21,22). The molecule has 2 rings (SSSR count).